The van der Waals surface area contributed by atoms with E-state index in [0.717, 1.165) is 11.8 Å². The lowest BCUT2D eigenvalue weighted by molar-refractivity contribution is -0.133. The third-order valence-electron chi connectivity index (χ3n) is 2.17. The first kappa shape index (κ1) is 13.0. The van der Waals surface area contributed by atoms with Crippen LogP contribution in [-0.4, -0.2) is 36.6 Å². The Morgan fingerprint density at radius 1 is 1.58 bits per heavy atom. The van der Waals surface area contributed by atoms with Crippen LogP contribution in [0, 0.1) is 11.3 Å². The fraction of sp³-hybridized carbons (Fsp3) is 0.182. The minimum Gasteiger partial charge on any atom is -0.481 e. The molecular formula is C11H9N5O2S. The van der Waals surface area contributed by atoms with Gasteiger partial charge >= 0.3 is 5.97 Å². The highest BCUT2D eigenvalue weighted by Crippen LogP contribution is 2.19. The monoisotopic (exact) mass is 275 g/mol. The molecule has 96 valence electrons. The quantitative estimate of drug-likeness (QED) is 0.827. The first-order valence-electron chi connectivity index (χ1n) is 5.22. The molecule has 2 aromatic rings. The van der Waals surface area contributed by atoms with Crippen molar-refractivity contribution >= 4 is 17.7 Å². The van der Waals surface area contributed by atoms with E-state index in [1.54, 1.807) is 19.2 Å². The van der Waals surface area contributed by atoms with Gasteiger partial charge in [0.2, 0.25) is 5.82 Å². The normalized spacial score (nSPS) is 10.1. The Hall–Kier alpha value is -2.40. The summed E-state index contributed by atoms with van der Waals surface area (Å²) >= 11 is 1.09. The zero-order chi connectivity index (χ0) is 13.8. The van der Waals surface area contributed by atoms with E-state index in [-0.39, 0.29) is 5.75 Å². The molecule has 2 rings (SSSR count). The summed E-state index contributed by atoms with van der Waals surface area (Å²) in [6.45, 7) is 0. The largest absolute Gasteiger partial charge is 0.481 e. The third-order valence-corrected chi connectivity index (χ3v) is 3.17. The Bertz CT molecular complexity index is 644. The summed E-state index contributed by atoms with van der Waals surface area (Å²) in [5.74, 6) is -0.585. The maximum Gasteiger partial charge on any atom is 0.313 e. The van der Waals surface area contributed by atoms with E-state index < -0.39 is 5.97 Å². The van der Waals surface area contributed by atoms with Crippen LogP contribution in [0.4, 0.5) is 0 Å². The third kappa shape index (κ3) is 3.08. The van der Waals surface area contributed by atoms with Gasteiger partial charge in [-0.1, -0.05) is 11.8 Å². The molecule has 7 nitrogen and oxygen atoms in total. The first-order valence-corrected chi connectivity index (χ1v) is 6.21. The molecule has 2 aromatic heterocycles. The summed E-state index contributed by atoms with van der Waals surface area (Å²) in [5, 5.41) is 22.0. The van der Waals surface area contributed by atoms with Crippen LogP contribution in [0.2, 0.25) is 0 Å². The van der Waals surface area contributed by atoms with Crippen LogP contribution in [0.25, 0.3) is 11.5 Å². The topological polar surface area (TPSA) is 105 Å². The van der Waals surface area contributed by atoms with Crippen molar-refractivity contribution in [3.05, 3.63) is 23.9 Å². The maximum atomic E-state index is 10.5. The highest BCUT2D eigenvalue weighted by atomic mass is 32.2. The van der Waals surface area contributed by atoms with Gasteiger partial charge in [-0.3, -0.25) is 9.78 Å². The highest BCUT2D eigenvalue weighted by molar-refractivity contribution is 7.99. The number of aromatic nitrogens is 4. The summed E-state index contributed by atoms with van der Waals surface area (Å²) < 4.78 is 1.50. The first-order chi connectivity index (χ1) is 9.10. The lowest BCUT2D eigenvalue weighted by Crippen LogP contribution is -2.00. The fourth-order valence-corrected chi connectivity index (χ4v) is 1.95. The van der Waals surface area contributed by atoms with Gasteiger partial charge in [-0.05, 0) is 12.1 Å². The zero-order valence-corrected chi connectivity index (χ0v) is 10.8. The molecule has 0 amide bonds. The van der Waals surface area contributed by atoms with E-state index in [1.165, 1.54) is 10.9 Å². The van der Waals surface area contributed by atoms with Gasteiger partial charge in [0.15, 0.2) is 5.16 Å². The molecule has 0 aromatic carbocycles. The number of hydrogen-bond acceptors (Lipinski definition) is 6. The lowest BCUT2D eigenvalue weighted by atomic mass is 10.2. The molecule has 0 atom stereocenters. The predicted molar refractivity (Wildman–Crippen MR) is 67.3 cm³/mol. The summed E-state index contributed by atoms with van der Waals surface area (Å²) in [6.07, 6.45) is 1.44. The molecular weight excluding hydrogens is 266 g/mol. The number of nitriles is 1. The van der Waals surface area contributed by atoms with Crippen molar-refractivity contribution in [2.45, 2.75) is 5.16 Å². The van der Waals surface area contributed by atoms with Crippen molar-refractivity contribution in [1.82, 2.24) is 19.7 Å². The van der Waals surface area contributed by atoms with Crippen LogP contribution >= 0.6 is 11.8 Å². The van der Waals surface area contributed by atoms with Crippen molar-refractivity contribution in [2.24, 2.45) is 7.05 Å². The fourth-order valence-electron chi connectivity index (χ4n) is 1.32. The van der Waals surface area contributed by atoms with Crippen LogP contribution in [0.5, 0.6) is 0 Å². The van der Waals surface area contributed by atoms with Gasteiger partial charge in [-0.15, -0.1) is 5.10 Å². The average Bonchev–Trinajstić information content (AvgIpc) is 2.78. The smallest absolute Gasteiger partial charge is 0.313 e. The number of aryl methyl sites for hydroxylation is 1. The summed E-state index contributed by atoms with van der Waals surface area (Å²) in [7, 11) is 1.68. The van der Waals surface area contributed by atoms with Crippen molar-refractivity contribution in [1.29, 1.82) is 5.26 Å². The van der Waals surface area contributed by atoms with Gasteiger partial charge < -0.3 is 5.11 Å². The van der Waals surface area contributed by atoms with E-state index >= 15 is 0 Å². The maximum absolute atomic E-state index is 10.5. The molecule has 8 heteroatoms. The number of hydrogen-bond donors (Lipinski definition) is 1. The Labute approximate surface area is 112 Å². The van der Waals surface area contributed by atoms with Crippen LogP contribution in [0.3, 0.4) is 0 Å². The highest BCUT2D eigenvalue weighted by Gasteiger charge is 2.12. The van der Waals surface area contributed by atoms with Gasteiger partial charge in [-0.2, -0.15) is 10.2 Å². The lowest BCUT2D eigenvalue weighted by Gasteiger charge is -1.94. The van der Waals surface area contributed by atoms with Gasteiger partial charge in [0, 0.05) is 13.2 Å². The molecule has 19 heavy (non-hydrogen) atoms. The molecule has 0 saturated heterocycles. The number of nitrogens with zero attached hydrogens (tertiary/aromatic N) is 5. The second kappa shape index (κ2) is 5.49. The zero-order valence-electron chi connectivity index (χ0n) is 9.94. The second-order valence-corrected chi connectivity index (χ2v) is 4.51. The summed E-state index contributed by atoms with van der Waals surface area (Å²) in [6, 6.07) is 5.26. The minimum atomic E-state index is -0.911. The van der Waals surface area contributed by atoms with Crippen molar-refractivity contribution in [2.75, 3.05) is 5.75 Å². The molecule has 0 aliphatic rings. The Morgan fingerprint density at radius 2 is 2.37 bits per heavy atom. The summed E-state index contributed by atoms with van der Waals surface area (Å²) in [5.41, 5.74) is 0.997. The number of aliphatic carboxylic acids is 1. The standard InChI is InChI=1S/C11H9N5O2S/c1-16-11(19-6-9(17)18)14-10(15-16)8-3-2-7(4-12)5-13-8/h2-3,5H,6H2,1H3,(H,17,18). The van der Waals surface area contributed by atoms with E-state index in [2.05, 4.69) is 15.1 Å². The molecule has 0 unspecified atom stereocenters. The van der Waals surface area contributed by atoms with Crippen molar-refractivity contribution < 1.29 is 9.90 Å². The van der Waals surface area contributed by atoms with Crippen LogP contribution in [-0.2, 0) is 11.8 Å². The van der Waals surface area contributed by atoms with Gasteiger partial charge in [-0.25, -0.2) is 4.68 Å². The van der Waals surface area contributed by atoms with Gasteiger partial charge in [0.05, 0.1) is 11.3 Å². The van der Waals surface area contributed by atoms with Crippen LogP contribution in [0.1, 0.15) is 5.56 Å². The summed E-state index contributed by atoms with van der Waals surface area (Å²) in [4.78, 5) is 18.8. The molecule has 0 aliphatic carbocycles. The van der Waals surface area contributed by atoms with Gasteiger partial charge in [0.25, 0.3) is 0 Å². The van der Waals surface area contributed by atoms with Gasteiger partial charge in [0.1, 0.15) is 11.8 Å². The molecule has 2 heterocycles. The number of carboxylic acids is 1. The van der Waals surface area contributed by atoms with E-state index in [9.17, 15) is 4.79 Å². The van der Waals surface area contributed by atoms with E-state index in [4.69, 9.17) is 10.4 Å². The molecule has 0 bridgehead atoms. The number of carboxylic acid groups (broad SMARTS) is 1. The minimum absolute atomic E-state index is 0.0766. The molecule has 0 radical (unpaired) electrons. The number of pyridine rings is 1. The van der Waals surface area contributed by atoms with E-state index in [0.29, 0.717) is 22.2 Å². The van der Waals surface area contributed by atoms with Crippen LogP contribution < -0.4 is 0 Å². The molecule has 0 saturated carbocycles. The molecule has 0 spiro atoms. The average molecular weight is 275 g/mol. The second-order valence-electron chi connectivity index (χ2n) is 3.57. The molecule has 0 aliphatic heterocycles. The molecule has 0 fully saturated rings. The van der Waals surface area contributed by atoms with Crippen molar-refractivity contribution in [3.8, 4) is 17.6 Å². The van der Waals surface area contributed by atoms with Crippen LogP contribution in [0.15, 0.2) is 23.5 Å². The Balaban J connectivity index is 2.23. The molecule has 1 N–H and O–H groups in total. The number of thioether (sulfide) groups is 1. The SMILES string of the molecule is Cn1nc(-c2ccc(C#N)cn2)nc1SCC(=O)O. The van der Waals surface area contributed by atoms with E-state index in [1.807, 2.05) is 6.07 Å². The number of carbonyl (C=O) groups is 1. The Morgan fingerprint density at radius 3 is 2.95 bits per heavy atom. The van der Waals surface area contributed by atoms with Crippen molar-refractivity contribution in [3.63, 3.8) is 0 Å². The number of rotatable bonds is 4. The Kier molecular flexibility index (Phi) is 3.77. The predicted octanol–water partition coefficient (Wildman–Crippen LogP) is 0.925.